The number of imide groups is 1. The fourth-order valence-electron chi connectivity index (χ4n) is 4.32. The highest BCUT2D eigenvalue weighted by molar-refractivity contribution is 6.53. The molecule has 0 fully saturated rings. The molecule has 35 heavy (non-hydrogen) atoms. The van der Waals surface area contributed by atoms with E-state index in [0.717, 1.165) is 10.5 Å². The highest BCUT2D eigenvalue weighted by Crippen LogP contribution is 2.34. The van der Waals surface area contributed by atoms with Crippen LogP contribution in [-0.4, -0.2) is 21.6 Å². The second-order valence-electron chi connectivity index (χ2n) is 8.82. The summed E-state index contributed by atoms with van der Waals surface area (Å²) in [6.45, 7) is 5.83. The maximum Gasteiger partial charge on any atom is 0.331 e. The molecule has 2 aromatic carbocycles. The van der Waals surface area contributed by atoms with E-state index in [0.29, 0.717) is 17.1 Å². The average molecular weight is 466 g/mol. The van der Waals surface area contributed by atoms with Gasteiger partial charge in [0.15, 0.2) is 12.4 Å². The first-order chi connectivity index (χ1) is 16.9. The highest BCUT2D eigenvalue weighted by Gasteiger charge is 2.48. The lowest BCUT2D eigenvalue weighted by molar-refractivity contribution is -0.576. The Balaban J connectivity index is 1.81. The first kappa shape index (κ1) is 22.3. The SMILES string of the molecule is Cc1cc[n+](C2=C(c3c(C(C)C)[nH]n(-c4ccccc4)c3=O)C(=O)N(c3ccccc3)C2=O)cc1. The van der Waals surface area contributed by atoms with Gasteiger partial charge in [-0.1, -0.05) is 50.2 Å². The summed E-state index contributed by atoms with van der Waals surface area (Å²) >= 11 is 0. The number of nitrogens with zero attached hydrogens (tertiary/aromatic N) is 3. The Kier molecular flexibility index (Phi) is 5.53. The predicted molar refractivity (Wildman–Crippen MR) is 134 cm³/mol. The maximum absolute atomic E-state index is 13.9. The Morgan fingerprint density at radius 1 is 0.771 bits per heavy atom. The number of aryl methyl sites for hydroxylation is 1. The van der Waals surface area contributed by atoms with Crippen molar-refractivity contribution in [2.24, 2.45) is 0 Å². The van der Waals surface area contributed by atoms with Crippen molar-refractivity contribution in [3.05, 3.63) is 112 Å². The Hall–Kier alpha value is -4.52. The number of amides is 2. The molecule has 1 aliphatic rings. The van der Waals surface area contributed by atoms with E-state index in [-0.39, 0.29) is 28.3 Å². The van der Waals surface area contributed by atoms with Crippen LogP contribution < -0.4 is 15.0 Å². The molecular formula is C28H25N4O3+. The summed E-state index contributed by atoms with van der Waals surface area (Å²) in [5.74, 6) is -1.11. The monoisotopic (exact) mass is 465 g/mol. The Morgan fingerprint density at radius 2 is 1.34 bits per heavy atom. The van der Waals surface area contributed by atoms with Gasteiger partial charge in [-0.3, -0.25) is 19.5 Å². The molecule has 0 unspecified atom stereocenters. The van der Waals surface area contributed by atoms with E-state index in [2.05, 4.69) is 5.10 Å². The molecule has 3 heterocycles. The summed E-state index contributed by atoms with van der Waals surface area (Å²) in [6, 6.07) is 21.7. The van der Waals surface area contributed by atoms with Crippen LogP contribution in [0.25, 0.3) is 17.0 Å². The van der Waals surface area contributed by atoms with Crippen molar-refractivity contribution in [1.82, 2.24) is 9.78 Å². The number of rotatable bonds is 5. The summed E-state index contributed by atoms with van der Waals surface area (Å²) in [4.78, 5) is 42.6. The third-order valence-electron chi connectivity index (χ3n) is 6.09. The Morgan fingerprint density at radius 3 is 1.91 bits per heavy atom. The van der Waals surface area contributed by atoms with Gasteiger partial charge in [0.25, 0.3) is 17.2 Å². The molecular weight excluding hydrogens is 440 g/mol. The number of aromatic nitrogens is 3. The zero-order chi connectivity index (χ0) is 24.7. The van der Waals surface area contributed by atoms with Crippen molar-refractivity contribution in [3.63, 3.8) is 0 Å². The van der Waals surface area contributed by atoms with Gasteiger partial charge in [0.05, 0.1) is 16.9 Å². The summed E-state index contributed by atoms with van der Waals surface area (Å²) in [5.41, 5.74) is 2.77. The quantitative estimate of drug-likeness (QED) is 0.359. The number of carbonyl (C=O) groups is 2. The van der Waals surface area contributed by atoms with Crippen molar-refractivity contribution >= 4 is 28.8 Å². The number of nitrogens with one attached hydrogen (secondary N) is 1. The number of benzene rings is 2. The minimum atomic E-state index is -0.525. The first-order valence-electron chi connectivity index (χ1n) is 11.5. The van der Waals surface area contributed by atoms with E-state index < -0.39 is 11.8 Å². The molecule has 0 saturated carbocycles. The van der Waals surface area contributed by atoms with Gasteiger partial charge in [0.1, 0.15) is 5.57 Å². The number of aromatic amines is 1. The highest BCUT2D eigenvalue weighted by atomic mass is 16.2. The summed E-state index contributed by atoms with van der Waals surface area (Å²) in [7, 11) is 0. The molecule has 0 bridgehead atoms. The fourth-order valence-corrected chi connectivity index (χ4v) is 4.32. The normalized spacial score (nSPS) is 13.9. The van der Waals surface area contributed by atoms with Crippen molar-refractivity contribution in [2.75, 3.05) is 4.90 Å². The summed E-state index contributed by atoms with van der Waals surface area (Å²) in [6.07, 6.45) is 3.48. The molecule has 1 aliphatic heterocycles. The molecule has 2 aromatic heterocycles. The Labute approximate surface area is 202 Å². The van der Waals surface area contributed by atoms with Gasteiger partial charge in [-0.25, -0.2) is 9.58 Å². The second kappa shape index (κ2) is 8.68. The maximum atomic E-state index is 13.9. The smallest absolute Gasteiger partial charge is 0.294 e. The van der Waals surface area contributed by atoms with E-state index in [1.54, 1.807) is 41.2 Å². The summed E-state index contributed by atoms with van der Waals surface area (Å²) in [5, 5.41) is 3.19. The molecule has 0 radical (unpaired) electrons. The summed E-state index contributed by atoms with van der Waals surface area (Å²) < 4.78 is 3.05. The minimum Gasteiger partial charge on any atom is -0.294 e. The fraction of sp³-hybridized carbons (Fsp3) is 0.143. The van der Waals surface area contributed by atoms with Crippen LogP contribution in [0.3, 0.4) is 0 Å². The number of carbonyl (C=O) groups excluding carboxylic acids is 2. The van der Waals surface area contributed by atoms with Gasteiger partial charge in [0, 0.05) is 17.8 Å². The zero-order valence-corrected chi connectivity index (χ0v) is 19.7. The molecule has 7 nitrogen and oxygen atoms in total. The van der Waals surface area contributed by atoms with Gasteiger partial charge in [-0.05, 0) is 42.7 Å². The molecule has 0 atom stereocenters. The third-order valence-corrected chi connectivity index (χ3v) is 6.09. The van der Waals surface area contributed by atoms with Gasteiger partial charge in [-0.15, -0.1) is 0 Å². The molecule has 0 spiro atoms. The van der Waals surface area contributed by atoms with Crippen molar-refractivity contribution in [1.29, 1.82) is 0 Å². The van der Waals surface area contributed by atoms with Crippen molar-refractivity contribution in [3.8, 4) is 5.69 Å². The van der Waals surface area contributed by atoms with E-state index in [4.69, 9.17) is 0 Å². The molecule has 5 rings (SSSR count). The van der Waals surface area contributed by atoms with Crippen LogP contribution in [0.15, 0.2) is 90.0 Å². The number of para-hydroxylation sites is 2. The number of anilines is 1. The standard InChI is InChI=1S/C28H24N4O3/c1-18(2)24-22(27(34)32(29-24)21-12-8-5-9-13-21)23-25(30-16-14-19(3)15-17-30)28(35)31(26(23)33)20-10-6-4-7-11-20/h4-18H,1-3H3/p+1. The topological polar surface area (TPSA) is 79.1 Å². The largest absolute Gasteiger partial charge is 0.331 e. The van der Waals surface area contributed by atoms with Crippen LogP contribution in [-0.2, 0) is 9.59 Å². The van der Waals surface area contributed by atoms with Gasteiger partial charge < -0.3 is 0 Å². The first-order valence-corrected chi connectivity index (χ1v) is 11.5. The molecule has 7 heteroatoms. The number of hydrogen-bond acceptors (Lipinski definition) is 3. The van der Waals surface area contributed by atoms with Crippen LogP contribution in [0.1, 0.15) is 36.6 Å². The average Bonchev–Trinajstić information content (AvgIpc) is 3.33. The number of pyridine rings is 1. The Bertz CT molecular complexity index is 1510. The van der Waals surface area contributed by atoms with Crippen molar-refractivity contribution < 1.29 is 14.2 Å². The van der Waals surface area contributed by atoms with Crippen LogP contribution in [0.4, 0.5) is 5.69 Å². The molecule has 0 saturated heterocycles. The van der Waals surface area contributed by atoms with Crippen LogP contribution >= 0.6 is 0 Å². The van der Waals surface area contributed by atoms with E-state index in [9.17, 15) is 14.4 Å². The molecule has 174 valence electrons. The lowest BCUT2D eigenvalue weighted by Crippen LogP contribution is -2.39. The van der Waals surface area contributed by atoms with Gasteiger partial charge in [-0.2, -0.15) is 4.57 Å². The van der Waals surface area contributed by atoms with Gasteiger partial charge >= 0.3 is 5.91 Å². The predicted octanol–water partition coefficient (Wildman–Crippen LogP) is 3.83. The van der Waals surface area contributed by atoms with E-state index >= 15 is 0 Å². The molecule has 1 N–H and O–H groups in total. The molecule has 0 aliphatic carbocycles. The van der Waals surface area contributed by atoms with Crippen LogP contribution in [0.5, 0.6) is 0 Å². The second-order valence-corrected chi connectivity index (χ2v) is 8.82. The minimum absolute atomic E-state index is 0.0901. The van der Waals surface area contributed by atoms with Gasteiger partial charge in [0.2, 0.25) is 0 Å². The van der Waals surface area contributed by atoms with Crippen LogP contribution in [0, 0.1) is 6.92 Å². The molecule has 2 amide bonds. The van der Waals surface area contributed by atoms with E-state index in [1.807, 2.05) is 69.3 Å². The lowest BCUT2D eigenvalue weighted by atomic mass is 9.98. The molecule has 4 aromatic rings. The number of hydrogen-bond donors (Lipinski definition) is 1. The van der Waals surface area contributed by atoms with Crippen molar-refractivity contribution in [2.45, 2.75) is 26.7 Å². The number of H-pyrrole nitrogens is 1. The lowest BCUT2D eigenvalue weighted by Gasteiger charge is -2.13. The zero-order valence-electron chi connectivity index (χ0n) is 19.7. The third kappa shape index (κ3) is 3.71. The van der Waals surface area contributed by atoms with Crippen LogP contribution in [0.2, 0.25) is 0 Å². The van der Waals surface area contributed by atoms with E-state index in [1.165, 1.54) is 4.68 Å².